The number of nitrogens with one attached hydrogen (secondary N) is 1. The van der Waals surface area contributed by atoms with Gasteiger partial charge >= 0.3 is 5.91 Å². The molecule has 0 aliphatic rings. The van der Waals surface area contributed by atoms with Crippen molar-refractivity contribution in [2.24, 2.45) is 0 Å². The Hall–Kier alpha value is -0.140. The molecule has 0 radical (unpaired) electrons. The average molecular weight is 260 g/mol. The largest absolute Gasteiger partial charge is 0.437 e. The molecule has 1 aromatic rings. The van der Waals surface area contributed by atoms with Gasteiger partial charge in [-0.2, -0.15) is 0 Å². The van der Waals surface area contributed by atoms with Crippen molar-refractivity contribution >= 4 is 44.2 Å². The standard InChI is InChI=1S/C9H12N2OS3/c12-9(11(15)10-14)6-3-7-1-4-8(13)5-2-7/h1-2,4-5,11,13H,3,6,10H2. The molecule has 0 fully saturated rings. The minimum absolute atomic E-state index is 0.0602. The summed E-state index contributed by atoms with van der Waals surface area (Å²) in [6, 6.07) is 7.72. The predicted molar refractivity (Wildman–Crippen MR) is 64.6 cm³/mol. The Kier molecular flexibility index (Phi) is 5.55. The highest BCUT2D eigenvalue weighted by atomic mass is 32.1. The molecule has 1 aromatic carbocycles. The van der Waals surface area contributed by atoms with Crippen LogP contribution in [0.1, 0.15) is 12.0 Å². The maximum atomic E-state index is 11.4. The summed E-state index contributed by atoms with van der Waals surface area (Å²) in [4.78, 5) is 13.5. The van der Waals surface area contributed by atoms with Gasteiger partial charge in [-0.15, -0.1) is 12.6 Å². The third kappa shape index (κ3) is 4.48. The van der Waals surface area contributed by atoms with E-state index in [1.54, 1.807) is 0 Å². The van der Waals surface area contributed by atoms with Gasteiger partial charge in [0.15, 0.2) is 0 Å². The van der Waals surface area contributed by atoms with Crippen LogP contribution in [0.25, 0.3) is 0 Å². The first kappa shape index (κ1) is 12.9. The molecule has 0 heterocycles. The van der Waals surface area contributed by atoms with Gasteiger partial charge < -0.3 is 30.5 Å². The first-order valence-corrected chi connectivity index (χ1v) is 5.76. The van der Waals surface area contributed by atoms with E-state index in [4.69, 9.17) is 12.8 Å². The van der Waals surface area contributed by atoms with Crippen LogP contribution in [0.2, 0.25) is 0 Å². The van der Waals surface area contributed by atoms with Crippen molar-refractivity contribution in [1.29, 1.82) is 0 Å². The van der Waals surface area contributed by atoms with E-state index in [1.165, 1.54) is 4.83 Å². The van der Waals surface area contributed by atoms with Crippen LogP contribution in [0.15, 0.2) is 29.2 Å². The van der Waals surface area contributed by atoms with E-state index in [0.717, 1.165) is 10.5 Å². The quantitative estimate of drug-likeness (QED) is 0.208. The maximum absolute atomic E-state index is 11.4. The Labute approximate surface area is 106 Å². The lowest BCUT2D eigenvalue weighted by molar-refractivity contribution is -1.21. The van der Waals surface area contributed by atoms with Crippen molar-refractivity contribution in [3.63, 3.8) is 0 Å². The van der Waals surface area contributed by atoms with E-state index in [1.807, 2.05) is 24.3 Å². The van der Waals surface area contributed by atoms with Gasteiger partial charge in [0.1, 0.15) is 0 Å². The van der Waals surface area contributed by atoms with Gasteiger partial charge in [0.2, 0.25) is 0 Å². The fraction of sp³-hybridized carbons (Fsp3) is 0.222. The molecule has 15 heavy (non-hydrogen) atoms. The van der Waals surface area contributed by atoms with Gasteiger partial charge in [0.05, 0.1) is 6.42 Å². The second kappa shape index (κ2) is 6.44. The van der Waals surface area contributed by atoms with E-state index in [9.17, 15) is 4.79 Å². The number of thiol groups is 1. The van der Waals surface area contributed by atoms with Crippen molar-refractivity contribution in [3.8, 4) is 0 Å². The van der Waals surface area contributed by atoms with Crippen molar-refractivity contribution in [3.05, 3.63) is 29.8 Å². The molecule has 82 valence electrons. The fourth-order valence-electron chi connectivity index (χ4n) is 1.11. The lowest BCUT2D eigenvalue weighted by Gasteiger charge is -2.19. The zero-order valence-electron chi connectivity index (χ0n) is 7.97. The third-order valence-corrected chi connectivity index (χ3v) is 2.99. The summed E-state index contributed by atoms with van der Waals surface area (Å²) in [6.45, 7) is 0. The number of hydrogen-bond donors (Lipinski definition) is 3. The van der Waals surface area contributed by atoms with E-state index in [0.29, 0.717) is 12.8 Å². The van der Waals surface area contributed by atoms with Crippen LogP contribution in [-0.4, -0.2) is 5.91 Å². The molecule has 1 amide bonds. The van der Waals surface area contributed by atoms with Crippen molar-refractivity contribution < 1.29 is 14.0 Å². The number of aryl methyl sites for hydroxylation is 1. The van der Waals surface area contributed by atoms with Crippen molar-refractivity contribution in [2.75, 3.05) is 0 Å². The Morgan fingerprint density at radius 2 is 2.00 bits per heavy atom. The average Bonchev–Trinajstić information content (AvgIpc) is 2.26. The fourth-order valence-corrected chi connectivity index (χ4v) is 1.49. The smallest absolute Gasteiger partial charge is 0.338 e. The first-order chi connectivity index (χ1) is 7.13. The topological polar surface area (TPSA) is 38.1 Å². The lowest BCUT2D eigenvalue weighted by Crippen LogP contribution is -3.44. The van der Waals surface area contributed by atoms with E-state index < -0.39 is 0 Å². The zero-order chi connectivity index (χ0) is 11.3. The maximum Gasteiger partial charge on any atom is 0.338 e. The van der Waals surface area contributed by atoms with Gasteiger partial charge in [-0.05, 0) is 24.1 Å². The van der Waals surface area contributed by atoms with Crippen LogP contribution >= 0.6 is 12.6 Å². The van der Waals surface area contributed by atoms with Gasteiger partial charge in [-0.25, -0.2) is 4.79 Å². The molecular weight excluding hydrogens is 248 g/mol. The second-order valence-corrected chi connectivity index (χ2v) is 4.26. The molecule has 0 saturated heterocycles. The summed E-state index contributed by atoms with van der Waals surface area (Å²) in [5, 5.41) is 0. The molecule has 0 saturated carbocycles. The highest BCUT2D eigenvalue weighted by Gasteiger charge is 2.08. The third-order valence-electron chi connectivity index (χ3n) is 1.96. The van der Waals surface area contributed by atoms with Gasteiger partial charge in [-0.3, -0.25) is 4.41 Å². The van der Waals surface area contributed by atoms with Crippen LogP contribution in [-0.2, 0) is 36.8 Å². The van der Waals surface area contributed by atoms with E-state index in [-0.39, 0.29) is 10.3 Å². The Balaban J connectivity index is 2.43. The summed E-state index contributed by atoms with van der Waals surface area (Å²) in [7, 11) is 0. The van der Waals surface area contributed by atoms with Crippen LogP contribution in [0.3, 0.4) is 0 Å². The Morgan fingerprint density at radius 3 is 2.53 bits per heavy atom. The molecule has 0 aromatic heterocycles. The molecule has 0 spiro atoms. The minimum atomic E-state index is -0.0602. The summed E-state index contributed by atoms with van der Waals surface area (Å²) in [6.07, 6.45) is 1.11. The number of carbonyl (C=O) groups excluding carboxylic acids is 1. The van der Waals surface area contributed by atoms with Crippen molar-refractivity contribution in [2.45, 2.75) is 17.7 Å². The van der Waals surface area contributed by atoms with Gasteiger partial charge in [-0.1, -0.05) is 12.1 Å². The number of rotatable bonds is 4. The molecule has 1 rings (SSSR count). The van der Waals surface area contributed by atoms with E-state index in [2.05, 4.69) is 25.4 Å². The molecule has 3 nitrogen and oxygen atoms in total. The molecule has 1 unspecified atom stereocenters. The highest BCUT2D eigenvalue weighted by molar-refractivity contribution is 7.80. The predicted octanol–water partition coefficient (Wildman–Crippen LogP) is -1.28. The summed E-state index contributed by atoms with van der Waals surface area (Å²) < 4.78 is 0.246. The number of quaternary nitrogens is 2. The van der Waals surface area contributed by atoms with Crippen LogP contribution in [0.4, 0.5) is 0 Å². The van der Waals surface area contributed by atoms with Gasteiger partial charge in [0, 0.05) is 4.90 Å². The zero-order valence-corrected chi connectivity index (χ0v) is 10.5. The molecule has 3 N–H and O–H groups in total. The van der Waals surface area contributed by atoms with Crippen LogP contribution in [0, 0.1) is 0 Å². The monoisotopic (exact) mass is 260 g/mol. The molecule has 6 heteroatoms. The van der Waals surface area contributed by atoms with E-state index >= 15 is 0 Å². The SMILES string of the molecule is O=C(CCc1ccc(S)cc1)[NH+]([S-])[NH2+][S-]. The number of benzene rings is 1. The minimum Gasteiger partial charge on any atom is -0.437 e. The summed E-state index contributed by atoms with van der Waals surface area (Å²) in [5.41, 5.74) is 1.10. The number of hydrogen-bond acceptors (Lipinski definition) is 4. The first-order valence-electron chi connectivity index (χ1n) is 4.43. The Bertz CT molecular complexity index is 329. The normalized spacial score (nSPS) is 12.5. The lowest BCUT2D eigenvalue weighted by atomic mass is 10.1. The Morgan fingerprint density at radius 1 is 1.40 bits per heavy atom. The number of amides is 1. The van der Waals surface area contributed by atoms with Crippen LogP contribution < -0.4 is 9.25 Å². The summed E-state index contributed by atoms with van der Waals surface area (Å²) in [5.74, 6) is -0.0602. The van der Waals surface area contributed by atoms with Crippen molar-refractivity contribution in [1.82, 2.24) is 0 Å². The van der Waals surface area contributed by atoms with Gasteiger partial charge in [0.25, 0.3) is 0 Å². The molecule has 0 aliphatic heterocycles. The highest BCUT2D eigenvalue weighted by Crippen LogP contribution is 2.08. The second-order valence-electron chi connectivity index (χ2n) is 3.07. The molecule has 0 aliphatic carbocycles. The van der Waals surface area contributed by atoms with Crippen LogP contribution in [0.5, 0.6) is 0 Å². The molecule has 1 atom stereocenters. The molecule has 0 bridgehead atoms. The number of carbonyl (C=O) groups is 1. The molecular formula is C9H12N2OS3. The number of nitrogens with two attached hydrogens (primary N) is 1. The summed E-state index contributed by atoms with van der Waals surface area (Å²) >= 11 is 13.6.